The molecule has 4 nitrogen and oxygen atoms in total. The third-order valence-corrected chi connectivity index (χ3v) is 4.18. The zero-order chi connectivity index (χ0) is 15.1. The van der Waals surface area contributed by atoms with Gasteiger partial charge < -0.3 is 9.11 Å². The van der Waals surface area contributed by atoms with Crippen molar-refractivity contribution in [2.75, 3.05) is 0 Å². The summed E-state index contributed by atoms with van der Waals surface area (Å²) in [5.41, 5.74) is 1.58. The minimum atomic E-state index is -2.09. The molecule has 0 radical (unpaired) electrons. The molecule has 0 aliphatic rings. The van der Waals surface area contributed by atoms with Crippen molar-refractivity contribution in [3.05, 3.63) is 59.7 Å². The molecule has 0 aromatic heterocycles. The SMILES string of the molecule is Cc1ccccc1S(=O)[O-].Cc1ccccc1S(=O)[O-].[Zn+2]. The van der Waals surface area contributed by atoms with E-state index in [9.17, 15) is 17.5 Å². The van der Waals surface area contributed by atoms with Crippen molar-refractivity contribution in [3.63, 3.8) is 0 Å². The zero-order valence-electron chi connectivity index (χ0n) is 11.8. The second-order valence-electron chi connectivity index (χ2n) is 4.00. The molecular weight excluding hydrogens is 362 g/mol. The molecule has 7 heteroatoms. The minimum absolute atomic E-state index is 0. The second-order valence-corrected chi connectivity index (χ2v) is 5.82. The predicted octanol–water partition coefficient (Wildman–Crippen LogP) is 2.46. The fourth-order valence-electron chi connectivity index (χ4n) is 1.49. The molecule has 2 rings (SSSR count). The molecule has 2 aromatic carbocycles. The van der Waals surface area contributed by atoms with Crippen LogP contribution < -0.4 is 0 Å². The van der Waals surface area contributed by atoms with Gasteiger partial charge in [0.1, 0.15) is 0 Å². The Bertz CT molecular complexity index is 576. The molecule has 2 unspecified atom stereocenters. The van der Waals surface area contributed by atoms with Crippen LogP contribution in [-0.4, -0.2) is 17.5 Å². The van der Waals surface area contributed by atoms with E-state index in [0.717, 1.165) is 11.1 Å². The molecule has 0 bridgehead atoms. The first-order valence-corrected chi connectivity index (χ1v) is 7.88. The first-order chi connectivity index (χ1) is 9.43. The number of hydrogen-bond donors (Lipinski definition) is 0. The first-order valence-electron chi connectivity index (χ1n) is 5.73. The van der Waals surface area contributed by atoms with Crippen molar-refractivity contribution < 1.29 is 37.0 Å². The smallest absolute Gasteiger partial charge is 0.768 e. The maximum atomic E-state index is 10.4. The molecule has 108 valence electrons. The summed E-state index contributed by atoms with van der Waals surface area (Å²) in [6, 6.07) is 13.7. The van der Waals surface area contributed by atoms with E-state index in [-0.39, 0.29) is 19.5 Å². The average molecular weight is 376 g/mol. The quantitative estimate of drug-likeness (QED) is 0.596. The zero-order valence-corrected chi connectivity index (χ0v) is 16.4. The summed E-state index contributed by atoms with van der Waals surface area (Å²) in [6.07, 6.45) is 0. The van der Waals surface area contributed by atoms with Crippen LogP contribution in [-0.2, 0) is 41.6 Å². The van der Waals surface area contributed by atoms with Crippen LogP contribution in [0.3, 0.4) is 0 Å². The monoisotopic (exact) mass is 374 g/mol. The fourth-order valence-corrected chi connectivity index (χ4v) is 2.53. The van der Waals surface area contributed by atoms with Crippen molar-refractivity contribution in [3.8, 4) is 0 Å². The summed E-state index contributed by atoms with van der Waals surface area (Å²) in [5.74, 6) is 0. The van der Waals surface area contributed by atoms with Crippen molar-refractivity contribution in [2.45, 2.75) is 23.6 Å². The van der Waals surface area contributed by atoms with Crippen molar-refractivity contribution >= 4 is 22.2 Å². The van der Waals surface area contributed by atoms with Gasteiger partial charge in [0.25, 0.3) is 0 Å². The number of benzene rings is 2. The van der Waals surface area contributed by atoms with E-state index in [4.69, 9.17) is 0 Å². The standard InChI is InChI=1S/2C7H8O2S.Zn/c2*1-6-4-2-3-5-7(6)10(8)9;/h2*2-5H,1H3,(H,8,9);/q;;+2/p-2. The van der Waals surface area contributed by atoms with E-state index in [1.54, 1.807) is 50.2 Å². The molecule has 0 N–H and O–H groups in total. The molecule has 0 spiro atoms. The van der Waals surface area contributed by atoms with Gasteiger partial charge in [0.15, 0.2) is 0 Å². The number of aryl methyl sites for hydroxylation is 2. The Morgan fingerprint density at radius 3 is 1.19 bits per heavy atom. The van der Waals surface area contributed by atoms with E-state index >= 15 is 0 Å². The van der Waals surface area contributed by atoms with Crippen molar-refractivity contribution in [1.82, 2.24) is 0 Å². The predicted molar refractivity (Wildman–Crippen MR) is 76.7 cm³/mol. The summed E-state index contributed by atoms with van der Waals surface area (Å²) in [5, 5.41) is 0. The number of hydrogen-bond acceptors (Lipinski definition) is 4. The van der Waals surface area contributed by atoms with Gasteiger partial charge >= 0.3 is 19.5 Å². The average Bonchev–Trinajstić information content (AvgIpc) is 2.40. The Morgan fingerprint density at radius 2 is 1.00 bits per heavy atom. The molecule has 21 heavy (non-hydrogen) atoms. The van der Waals surface area contributed by atoms with E-state index < -0.39 is 22.2 Å². The van der Waals surface area contributed by atoms with Gasteiger partial charge in [-0.25, -0.2) is 0 Å². The third kappa shape index (κ3) is 6.72. The summed E-state index contributed by atoms with van der Waals surface area (Å²) in [7, 11) is 0. The third-order valence-electron chi connectivity index (χ3n) is 2.55. The Labute approximate surface area is 142 Å². The van der Waals surface area contributed by atoms with Crippen LogP contribution in [0.25, 0.3) is 0 Å². The van der Waals surface area contributed by atoms with Crippen LogP contribution >= 0.6 is 0 Å². The fraction of sp³-hybridized carbons (Fsp3) is 0.143. The first kappa shape index (κ1) is 20.3. The van der Waals surface area contributed by atoms with Crippen LogP contribution in [0.2, 0.25) is 0 Å². The normalized spacial score (nSPS) is 12.4. The Balaban J connectivity index is 0.000000364. The maximum absolute atomic E-state index is 10.4. The van der Waals surface area contributed by atoms with Gasteiger partial charge in [-0.3, -0.25) is 8.42 Å². The largest absolute Gasteiger partial charge is 2.00 e. The van der Waals surface area contributed by atoms with Crippen LogP contribution in [0.15, 0.2) is 58.3 Å². The summed E-state index contributed by atoms with van der Waals surface area (Å²) in [6.45, 7) is 3.54. The van der Waals surface area contributed by atoms with Crippen molar-refractivity contribution in [2.24, 2.45) is 0 Å². The van der Waals surface area contributed by atoms with Crippen LogP contribution in [0.4, 0.5) is 0 Å². The van der Waals surface area contributed by atoms with E-state index in [0.29, 0.717) is 9.79 Å². The van der Waals surface area contributed by atoms with Gasteiger partial charge in [-0.15, -0.1) is 0 Å². The molecule has 0 fully saturated rings. The maximum Gasteiger partial charge on any atom is 2.00 e. The Hall–Kier alpha value is -0.717. The van der Waals surface area contributed by atoms with E-state index in [1.807, 2.05) is 12.1 Å². The van der Waals surface area contributed by atoms with Gasteiger partial charge in [-0.05, 0) is 59.3 Å². The van der Waals surface area contributed by atoms with Crippen molar-refractivity contribution in [1.29, 1.82) is 0 Å². The molecule has 2 atom stereocenters. The van der Waals surface area contributed by atoms with E-state index in [2.05, 4.69) is 0 Å². The summed E-state index contributed by atoms with van der Waals surface area (Å²) in [4.78, 5) is 0.755. The topological polar surface area (TPSA) is 80.3 Å². The molecule has 0 aliphatic carbocycles. The van der Waals surface area contributed by atoms with Gasteiger partial charge in [0.2, 0.25) is 0 Å². The molecule has 0 amide bonds. The van der Waals surface area contributed by atoms with Gasteiger partial charge in [0, 0.05) is 9.79 Å². The second kappa shape index (κ2) is 10.1. The molecule has 0 heterocycles. The Kier molecular flexibility index (Phi) is 9.74. The van der Waals surface area contributed by atoms with Crippen LogP contribution in [0.1, 0.15) is 11.1 Å². The van der Waals surface area contributed by atoms with Gasteiger partial charge in [-0.1, -0.05) is 36.4 Å². The number of rotatable bonds is 2. The summed E-state index contributed by atoms with van der Waals surface area (Å²) < 4.78 is 41.7. The van der Waals surface area contributed by atoms with E-state index in [1.165, 1.54) is 0 Å². The van der Waals surface area contributed by atoms with Crippen LogP contribution in [0, 0.1) is 13.8 Å². The molecular formula is C14H14O4S2Zn. The van der Waals surface area contributed by atoms with Gasteiger partial charge in [-0.2, -0.15) is 0 Å². The Morgan fingerprint density at radius 1 is 0.714 bits per heavy atom. The molecule has 0 saturated carbocycles. The minimum Gasteiger partial charge on any atom is -0.768 e. The van der Waals surface area contributed by atoms with Gasteiger partial charge in [0.05, 0.1) is 0 Å². The molecule has 2 aromatic rings. The molecule has 0 saturated heterocycles. The molecule has 0 aliphatic heterocycles. The summed E-state index contributed by atoms with van der Waals surface area (Å²) >= 11 is -4.18. The van der Waals surface area contributed by atoms with Crippen LogP contribution in [0.5, 0.6) is 0 Å².